The van der Waals surface area contributed by atoms with Gasteiger partial charge in [0.25, 0.3) is 5.69 Å². The number of fused-ring (bicyclic) bond motifs is 1. The molecule has 0 amide bonds. The number of hydrogen-bond donors (Lipinski definition) is 2. The summed E-state index contributed by atoms with van der Waals surface area (Å²) < 4.78 is 7.04. The van der Waals surface area contributed by atoms with Gasteiger partial charge in [-0.15, -0.1) is 0 Å². The zero-order valence-electron chi connectivity index (χ0n) is 25.2. The van der Waals surface area contributed by atoms with Crippen molar-refractivity contribution in [3.63, 3.8) is 0 Å². The molecule has 0 spiro atoms. The Morgan fingerprint density at radius 3 is 2.42 bits per heavy atom. The predicted molar refractivity (Wildman–Crippen MR) is 165 cm³/mol. The van der Waals surface area contributed by atoms with Crippen LogP contribution < -0.4 is 15.0 Å². The van der Waals surface area contributed by atoms with Crippen LogP contribution in [0.15, 0.2) is 42.6 Å². The maximum absolute atomic E-state index is 12.6. The van der Waals surface area contributed by atoms with Crippen molar-refractivity contribution in [3.05, 3.63) is 64.0 Å². The van der Waals surface area contributed by atoms with Gasteiger partial charge in [-0.1, -0.05) is 32.0 Å². The lowest BCUT2D eigenvalue weighted by Crippen LogP contribution is -2.29. The summed E-state index contributed by atoms with van der Waals surface area (Å²) in [6.07, 6.45) is 1.57. The van der Waals surface area contributed by atoms with E-state index < -0.39 is 10.9 Å². The molecule has 2 aromatic carbocycles. The maximum atomic E-state index is 12.6. The third-order valence-corrected chi connectivity index (χ3v) is 7.04. The Labute approximate surface area is 248 Å². The smallest absolute Gasteiger partial charge is 0.339 e. The molecule has 4 rings (SSSR count). The van der Waals surface area contributed by atoms with E-state index >= 15 is 0 Å². The molecule has 13 heteroatoms. The minimum absolute atomic E-state index is 0.0182. The van der Waals surface area contributed by atoms with Gasteiger partial charge in [0.2, 0.25) is 11.9 Å². The van der Waals surface area contributed by atoms with Crippen molar-refractivity contribution in [2.24, 2.45) is 0 Å². The molecule has 226 valence electrons. The second kappa shape index (κ2) is 12.4. The summed E-state index contributed by atoms with van der Waals surface area (Å²) in [5, 5.41) is 26.1. The second-order valence-electron chi connectivity index (χ2n) is 10.7. The zero-order valence-corrected chi connectivity index (χ0v) is 25.2. The molecule has 2 aromatic heterocycles. The van der Waals surface area contributed by atoms with Crippen molar-refractivity contribution in [1.82, 2.24) is 19.4 Å². The molecule has 0 aliphatic rings. The number of nitrogens with one attached hydrogen (secondary N) is 1. The van der Waals surface area contributed by atoms with E-state index in [9.17, 15) is 24.8 Å². The first-order valence-corrected chi connectivity index (χ1v) is 13.6. The summed E-state index contributed by atoms with van der Waals surface area (Å²) in [6.45, 7) is 6.26. The Hall–Kier alpha value is -5.04. The van der Waals surface area contributed by atoms with Gasteiger partial charge in [0, 0.05) is 56.3 Å². The minimum Gasteiger partial charge on any atom is -0.494 e. The SMILES string of the molecule is COc1cc(N(C)CCN(C)C)c([N+](=O)[O-])cc1Nc1nc(-c2cn(C(C)=O)c3ccccc23)c(C(=O)O)c(C(C)C)n1. The fourth-order valence-electron chi connectivity index (χ4n) is 4.85. The highest BCUT2D eigenvalue weighted by Crippen LogP contribution is 2.40. The number of carbonyl (C=O) groups is 2. The second-order valence-corrected chi connectivity index (χ2v) is 10.7. The first kappa shape index (κ1) is 30.9. The van der Waals surface area contributed by atoms with Gasteiger partial charge in [-0.05, 0) is 26.1 Å². The molecule has 2 N–H and O–H groups in total. The topological polar surface area (TPSA) is 156 Å². The van der Waals surface area contributed by atoms with Crippen molar-refractivity contribution >= 4 is 45.8 Å². The van der Waals surface area contributed by atoms with Gasteiger partial charge in [0.05, 0.1) is 34.6 Å². The summed E-state index contributed by atoms with van der Waals surface area (Å²) in [6, 6.07) is 10.1. The molecule has 0 saturated carbocycles. The Bertz CT molecular complexity index is 1710. The first-order valence-electron chi connectivity index (χ1n) is 13.6. The van der Waals surface area contributed by atoms with Crippen LogP contribution >= 0.6 is 0 Å². The minimum atomic E-state index is -1.22. The number of likely N-dealkylation sites (N-methyl/N-ethyl adjacent to an activating group) is 2. The lowest BCUT2D eigenvalue weighted by molar-refractivity contribution is -0.384. The van der Waals surface area contributed by atoms with Crippen LogP contribution in [-0.4, -0.2) is 82.7 Å². The maximum Gasteiger partial charge on any atom is 0.339 e. The molecule has 43 heavy (non-hydrogen) atoms. The molecule has 0 atom stereocenters. The van der Waals surface area contributed by atoms with E-state index in [0.29, 0.717) is 41.0 Å². The van der Waals surface area contributed by atoms with Crippen LogP contribution in [0.3, 0.4) is 0 Å². The molecule has 0 saturated heterocycles. The number of nitro groups is 1. The molecule has 4 aromatic rings. The van der Waals surface area contributed by atoms with Crippen molar-refractivity contribution in [2.45, 2.75) is 26.7 Å². The summed E-state index contributed by atoms with van der Waals surface area (Å²) >= 11 is 0. The van der Waals surface area contributed by atoms with Crippen molar-refractivity contribution in [2.75, 3.05) is 51.6 Å². The van der Waals surface area contributed by atoms with E-state index in [4.69, 9.17) is 4.74 Å². The average molecular weight is 590 g/mol. The third kappa shape index (κ3) is 6.26. The van der Waals surface area contributed by atoms with E-state index in [1.165, 1.54) is 24.7 Å². The van der Waals surface area contributed by atoms with Crippen LogP contribution in [0.1, 0.15) is 47.5 Å². The first-order chi connectivity index (χ1) is 20.3. The lowest BCUT2D eigenvalue weighted by atomic mass is 9.98. The molecular weight excluding hydrogens is 554 g/mol. The van der Waals surface area contributed by atoms with Gasteiger partial charge in [-0.3, -0.25) is 19.5 Å². The molecule has 13 nitrogen and oxygen atoms in total. The fraction of sp³-hybridized carbons (Fsp3) is 0.333. The number of hydrogen-bond acceptors (Lipinski definition) is 10. The van der Waals surface area contributed by atoms with Crippen LogP contribution in [-0.2, 0) is 0 Å². The number of nitro benzene ring substituents is 1. The van der Waals surface area contributed by atoms with E-state index in [0.717, 1.165) is 0 Å². The van der Waals surface area contributed by atoms with Gasteiger partial charge in [-0.25, -0.2) is 14.8 Å². The molecule has 0 unspecified atom stereocenters. The van der Waals surface area contributed by atoms with Gasteiger partial charge in [0.15, 0.2) is 0 Å². The highest BCUT2D eigenvalue weighted by Gasteiger charge is 2.28. The summed E-state index contributed by atoms with van der Waals surface area (Å²) in [5.74, 6) is -1.46. The molecular formula is C30H35N7O6. The Balaban J connectivity index is 1.92. The van der Waals surface area contributed by atoms with Crippen LogP contribution in [0.25, 0.3) is 22.2 Å². The predicted octanol–water partition coefficient (Wildman–Crippen LogP) is 5.24. The number of benzene rings is 2. The van der Waals surface area contributed by atoms with Crippen LogP contribution in [0.5, 0.6) is 5.75 Å². The summed E-state index contributed by atoms with van der Waals surface area (Å²) in [7, 11) is 7.06. The van der Waals surface area contributed by atoms with Gasteiger partial charge in [0.1, 0.15) is 17.0 Å². The van der Waals surface area contributed by atoms with Gasteiger partial charge < -0.3 is 25.0 Å². The highest BCUT2D eigenvalue weighted by molar-refractivity contribution is 6.05. The standard InChI is InChI=1S/C30H35N7O6/c1-17(2)27-26(29(39)40)28(20-16-36(18(3)38)22-11-9-8-10-19(20)22)33-30(32-27)31-21-14-24(37(41)42)23(15-25(21)43-7)35(6)13-12-34(4)5/h8-11,14-17H,12-13H2,1-7H3,(H,39,40)(H,31,32,33). The van der Waals surface area contributed by atoms with Gasteiger partial charge >= 0.3 is 5.97 Å². The van der Waals surface area contributed by atoms with E-state index in [1.54, 1.807) is 48.5 Å². The Morgan fingerprint density at radius 1 is 1.14 bits per heavy atom. The number of para-hydroxylation sites is 1. The lowest BCUT2D eigenvalue weighted by Gasteiger charge is -2.23. The fourth-order valence-corrected chi connectivity index (χ4v) is 4.85. The monoisotopic (exact) mass is 589 g/mol. The van der Waals surface area contributed by atoms with Crippen molar-refractivity contribution < 1.29 is 24.4 Å². The number of ether oxygens (including phenoxy) is 1. The quantitative estimate of drug-likeness (QED) is 0.174. The van der Waals surface area contributed by atoms with Crippen LogP contribution in [0.2, 0.25) is 0 Å². The third-order valence-electron chi connectivity index (χ3n) is 7.04. The van der Waals surface area contributed by atoms with Crippen molar-refractivity contribution in [1.29, 1.82) is 0 Å². The number of carboxylic acids is 1. The molecule has 0 radical (unpaired) electrons. The van der Waals surface area contributed by atoms with E-state index in [2.05, 4.69) is 15.3 Å². The van der Waals surface area contributed by atoms with E-state index in [-0.39, 0.29) is 46.1 Å². The van der Waals surface area contributed by atoms with Crippen molar-refractivity contribution in [3.8, 4) is 17.0 Å². The number of rotatable bonds is 11. The molecule has 0 bridgehead atoms. The number of methoxy groups -OCH3 is 1. The average Bonchev–Trinajstić information content (AvgIpc) is 3.35. The molecule has 0 aliphatic heterocycles. The van der Waals surface area contributed by atoms with Crippen LogP contribution in [0, 0.1) is 10.1 Å². The number of carbonyl (C=O) groups excluding carboxylic acids is 1. The molecule has 0 fully saturated rings. The Morgan fingerprint density at radius 2 is 1.84 bits per heavy atom. The van der Waals surface area contributed by atoms with Gasteiger partial charge in [-0.2, -0.15) is 0 Å². The molecule has 0 aliphatic carbocycles. The summed E-state index contributed by atoms with van der Waals surface area (Å²) in [4.78, 5) is 49.6. The normalized spacial score (nSPS) is 11.3. The number of nitrogens with zero attached hydrogens (tertiary/aromatic N) is 6. The number of aromatic nitrogens is 3. The Kier molecular flexibility index (Phi) is 8.95. The zero-order chi connectivity index (χ0) is 31.6. The molecule has 2 heterocycles. The largest absolute Gasteiger partial charge is 0.494 e. The highest BCUT2D eigenvalue weighted by atomic mass is 16.6. The number of anilines is 3. The number of carboxylic acid groups (broad SMARTS) is 1. The number of aromatic carboxylic acids is 1. The summed E-state index contributed by atoms with van der Waals surface area (Å²) in [5.41, 5.74) is 1.76. The van der Waals surface area contributed by atoms with E-state index in [1.807, 2.05) is 32.8 Å². The van der Waals surface area contributed by atoms with Crippen LogP contribution in [0.4, 0.5) is 23.0 Å².